The van der Waals surface area contributed by atoms with E-state index >= 15 is 0 Å². The fraction of sp³-hybridized carbons (Fsp3) is 0.261. The van der Waals surface area contributed by atoms with Crippen molar-refractivity contribution in [2.75, 3.05) is 17.7 Å². The highest BCUT2D eigenvalue weighted by atomic mass is 19.4. The number of aromatic nitrogens is 2. The van der Waals surface area contributed by atoms with Crippen molar-refractivity contribution in [2.24, 2.45) is 5.92 Å². The van der Waals surface area contributed by atoms with E-state index in [-0.39, 0.29) is 29.2 Å². The van der Waals surface area contributed by atoms with Crippen molar-refractivity contribution in [2.45, 2.75) is 25.9 Å². The predicted octanol–water partition coefficient (Wildman–Crippen LogP) is 5.76. The molecule has 32 heavy (non-hydrogen) atoms. The van der Waals surface area contributed by atoms with E-state index in [2.05, 4.69) is 20.6 Å². The monoisotopic (exact) mass is 442 g/mol. The maximum absolute atomic E-state index is 13.1. The average molecular weight is 442 g/mol. The predicted molar refractivity (Wildman–Crippen MR) is 115 cm³/mol. The summed E-state index contributed by atoms with van der Waals surface area (Å²) in [4.78, 5) is 21.7. The number of carbonyl (C=O) groups excluding carboxylic acids is 1. The summed E-state index contributed by atoms with van der Waals surface area (Å²) in [6.45, 7) is 1.96. The van der Waals surface area contributed by atoms with Gasteiger partial charge in [-0.15, -0.1) is 0 Å². The number of alkyl halides is 3. The molecule has 0 bridgehead atoms. The smallest absolute Gasteiger partial charge is 0.416 e. The van der Waals surface area contributed by atoms with Crippen molar-refractivity contribution in [3.8, 4) is 5.75 Å². The normalized spacial score (nSPS) is 15.8. The molecule has 1 unspecified atom stereocenters. The first-order valence-corrected chi connectivity index (χ1v) is 10.0. The van der Waals surface area contributed by atoms with E-state index in [0.717, 1.165) is 12.1 Å². The number of anilines is 4. The molecule has 1 aromatic heterocycles. The Bertz CT molecular complexity index is 1160. The highest BCUT2D eigenvalue weighted by Gasteiger charge is 2.31. The molecule has 0 radical (unpaired) electrons. The summed E-state index contributed by atoms with van der Waals surface area (Å²) in [5.74, 6) is 1.02. The van der Waals surface area contributed by atoms with Crippen molar-refractivity contribution in [3.05, 3.63) is 65.4 Å². The molecule has 166 valence electrons. The summed E-state index contributed by atoms with van der Waals surface area (Å²) in [7, 11) is 1.55. The van der Waals surface area contributed by atoms with Crippen LogP contribution in [0.25, 0.3) is 0 Å². The molecule has 1 atom stereocenters. The van der Waals surface area contributed by atoms with Crippen molar-refractivity contribution in [1.29, 1.82) is 0 Å². The first-order valence-electron chi connectivity index (χ1n) is 10.0. The molecule has 0 fully saturated rings. The highest BCUT2D eigenvalue weighted by molar-refractivity contribution is 6.03. The maximum Gasteiger partial charge on any atom is 0.416 e. The first kappa shape index (κ1) is 21.6. The number of nitrogens with zero attached hydrogens (tertiary/aromatic N) is 2. The van der Waals surface area contributed by atoms with Crippen LogP contribution in [0.1, 0.15) is 35.0 Å². The number of rotatable bonds is 5. The lowest BCUT2D eigenvalue weighted by Gasteiger charge is -2.23. The van der Waals surface area contributed by atoms with E-state index < -0.39 is 11.7 Å². The van der Waals surface area contributed by atoms with Crippen LogP contribution >= 0.6 is 0 Å². The van der Waals surface area contributed by atoms with Crippen LogP contribution in [0.15, 0.2) is 48.5 Å². The first-order chi connectivity index (χ1) is 15.2. The second-order valence-electron chi connectivity index (χ2n) is 7.71. The van der Waals surface area contributed by atoms with Gasteiger partial charge in [0.2, 0.25) is 5.95 Å². The number of ether oxygens (including phenoxy) is 1. The Balaban J connectivity index is 1.74. The summed E-state index contributed by atoms with van der Waals surface area (Å²) < 4.78 is 44.6. The van der Waals surface area contributed by atoms with E-state index in [0.29, 0.717) is 35.5 Å². The minimum atomic E-state index is -4.48. The zero-order chi connectivity index (χ0) is 22.9. The third-order valence-corrected chi connectivity index (χ3v) is 5.12. The highest BCUT2D eigenvalue weighted by Crippen LogP contribution is 2.34. The van der Waals surface area contributed by atoms with Crippen molar-refractivity contribution in [3.63, 3.8) is 0 Å². The van der Waals surface area contributed by atoms with Crippen LogP contribution < -0.4 is 15.4 Å². The number of carbonyl (C=O) groups is 1. The number of benzene rings is 2. The molecule has 0 aliphatic heterocycles. The Morgan fingerprint density at radius 3 is 2.44 bits per heavy atom. The number of nitrogens with one attached hydrogen (secondary N) is 2. The van der Waals surface area contributed by atoms with Crippen LogP contribution in [-0.4, -0.2) is 22.9 Å². The number of hydrogen-bond acceptors (Lipinski definition) is 6. The number of hydrogen-bond donors (Lipinski definition) is 2. The zero-order valence-electron chi connectivity index (χ0n) is 17.5. The third-order valence-electron chi connectivity index (χ3n) is 5.12. The lowest BCUT2D eigenvalue weighted by Crippen LogP contribution is -2.22. The molecular weight excluding hydrogens is 421 g/mol. The Kier molecular flexibility index (Phi) is 5.73. The second kappa shape index (κ2) is 8.49. The van der Waals surface area contributed by atoms with Crippen molar-refractivity contribution >= 4 is 28.9 Å². The van der Waals surface area contributed by atoms with E-state index in [1.54, 1.807) is 31.4 Å². The van der Waals surface area contributed by atoms with Gasteiger partial charge in [-0.1, -0.05) is 19.1 Å². The quantitative estimate of drug-likeness (QED) is 0.524. The maximum atomic E-state index is 13.1. The van der Waals surface area contributed by atoms with Crippen LogP contribution in [-0.2, 0) is 12.6 Å². The van der Waals surface area contributed by atoms with Gasteiger partial charge < -0.3 is 15.4 Å². The number of methoxy groups -OCH3 is 1. The molecule has 0 saturated heterocycles. The van der Waals surface area contributed by atoms with Crippen LogP contribution in [0.5, 0.6) is 5.75 Å². The van der Waals surface area contributed by atoms with Gasteiger partial charge in [-0.05, 0) is 42.7 Å². The molecule has 9 heteroatoms. The molecular formula is C23H21F3N4O2. The molecule has 1 heterocycles. The van der Waals surface area contributed by atoms with E-state index in [1.165, 1.54) is 12.1 Å². The van der Waals surface area contributed by atoms with Gasteiger partial charge in [-0.25, -0.2) is 4.98 Å². The van der Waals surface area contributed by atoms with Crippen LogP contribution in [0.3, 0.4) is 0 Å². The summed E-state index contributed by atoms with van der Waals surface area (Å²) in [6, 6.07) is 11.9. The fourth-order valence-corrected chi connectivity index (χ4v) is 3.65. The fourth-order valence-electron chi connectivity index (χ4n) is 3.65. The molecule has 1 aliphatic rings. The lowest BCUT2D eigenvalue weighted by atomic mass is 9.87. The summed E-state index contributed by atoms with van der Waals surface area (Å²) >= 11 is 0. The minimum absolute atomic E-state index is 0.107. The van der Waals surface area contributed by atoms with Crippen molar-refractivity contribution in [1.82, 2.24) is 9.97 Å². The zero-order valence-corrected chi connectivity index (χ0v) is 17.5. The van der Waals surface area contributed by atoms with Gasteiger partial charge in [0.1, 0.15) is 11.6 Å². The molecule has 2 N–H and O–H groups in total. The minimum Gasteiger partial charge on any atom is -0.497 e. The molecule has 0 spiro atoms. The van der Waals surface area contributed by atoms with Crippen LogP contribution in [0.2, 0.25) is 0 Å². The van der Waals surface area contributed by atoms with Gasteiger partial charge in [0.15, 0.2) is 5.78 Å². The number of halogens is 3. The van der Waals surface area contributed by atoms with Gasteiger partial charge >= 0.3 is 6.18 Å². The van der Waals surface area contributed by atoms with E-state index in [1.807, 2.05) is 6.92 Å². The Morgan fingerprint density at radius 2 is 1.72 bits per heavy atom. The molecule has 3 aromatic rings. The average Bonchev–Trinajstić information content (AvgIpc) is 2.73. The van der Waals surface area contributed by atoms with Crippen LogP contribution in [0.4, 0.5) is 36.3 Å². The topological polar surface area (TPSA) is 76.1 Å². The Hall–Kier alpha value is -3.62. The van der Waals surface area contributed by atoms with Crippen molar-refractivity contribution < 1.29 is 22.7 Å². The summed E-state index contributed by atoms with van der Waals surface area (Å²) in [5, 5.41) is 5.99. The number of fused-ring (bicyclic) bond motifs is 1. The number of Topliss-reactive ketones (excluding diaryl/α,β-unsaturated/α-hetero) is 1. The molecule has 6 nitrogen and oxygen atoms in total. The molecule has 2 aromatic carbocycles. The molecule has 0 saturated carbocycles. The van der Waals surface area contributed by atoms with Gasteiger partial charge in [0.05, 0.1) is 23.9 Å². The van der Waals surface area contributed by atoms with Gasteiger partial charge in [-0.2, -0.15) is 18.2 Å². The number of ketones is 1. The molecule has 4 rings (SSSR count). The third kappa shape index (κ3) is 4.66. The van der Waals surface area contributed by atoms with E-state index in [4.69, 9.17) is 4.74 Å². The molecule has 1 aliphatic carbocycles. The summed E-state index contributed by atoms with van der Waals surface area (Å²) in [5.41, 5.74) is 0.935. The molecule has 0 amide bonds. The Morgan fingerprint density at radius 1 is 1.00 bits per heavy atom. The Labute approximate surface area is 182 Å². The van der Waals surface area contributed by atoms with E-state index in [9.17, 15) is 18.0 Å². The van der Waals surface area contributed by atoms with Crippen LogP contribution in [0, 0.1) is 5.92 Å². The van der Waals surface area contributed by atoms with Gasteiger partial charge in [-0.3, -0.25) is 4.79 Å². The summed E-state index contributed by atoms with van der Waals surface area (Å²) in [6.07, 6.45) is -3.59. The standard InChI is InChI=1S/C23H21F3N4O2/c1-13-9-18-20(19(31)10-13)21(27-15-6-3-5-14(11-15)23(24,25)26)30-22(29-18)28-16-7-4-8-17(12-16)32-2/h3-8,11-13H,9-10H2,1-2H3,(H2,27,28,29,30). The lowest BCUT2D eigenvalue weighted by molar-refractivity contribution is -0.137. The SMILES string of the molecule is COc1cccc(Nc2nc3c(c(Nc4cccc(C(F)(F)F)c4)n2)C(=O)CC(C)C3)c1. The second-order valence-corrected chi connectivity index (χ2v) is 7.71. The van der Waals surface area contributed by atoms with Gasteiger partial charge in [0, 0.05) is 23.9 Å². The van der Waals surface area contributed by atoms with Gasteiger partial charge in [0.25, 0.3) is 0 Å². The largest absolute Gasteiger partial charge is 0.497 e.